The van der Waals surface area contributed by atoms with Gasteiger partial charge in [-0.25, -0.2) is 0 Å². The molecule has 0 spiro atoms. The lowest BCUT2D eigenvalue weighted by molar-refractivity contribution is 0.0256. The van der Waals surface area contributed by atoms with Crippen molar-refractivity contribution in [1.82, 2.24) is 5.32 Å². The van der Waals surface area contributed by atoms with E-state index in [0.717, 1.165) is 30.8 Å². The van der Waals surface area contributed by atoms with Crippen LogP contribution < -0.4 is 10.2 Å². The van der Waals surface area contributed by atoms with E-state index in [2.05, 4.69) is 22.3 Å². The van der Waals surface area contributed by atoms with Crippen LogP contribution in [0.4, 0.5) is 5.69 Å². The normalized spacial score (nSPS) is 28.7. The van der Waals surface area contributed by atoms with Gasteiger partial charge in [0.05, 0.1) is 18.8 Å². The summed E-state index contributed by atoms with van der Waals surface area (Å²) < 4.78 is 5.94. The van der Waals surface area contributed by atoms with Crippen molar-refractivity contribution in [2.75, 3.05) is 18.1 Å². The predicted octanol–water partition coefficient (Wildman–Crippen LogP) is 3.35. The highest BCUT2D eigenvalue weighted by atomic mass is 35.5. The van der Waals surface area contributed by atoms with Crippen molar-refractivity contribution in [2.45, 2.75) is 56.8 Å². The molecule has 114 valence electrons. The molecule has 1 aromatic carbocycles. The third-order valence-corrected chi connectivity index (χ3v) is 5.23. The molecule has 1 heterocycles. The first-order valence-corrected chi connectivity index (χ1v) is 8.59. The van der Waals surface area contributed by atoms with Gasteiger partial charge in [0.1, 0.15) is 0 Å². The Balaban J connectivity index is 1.60. The molecule has 1 aromatic rings. The van der Waals surface area contributed by atoms with Gasteiger partial charge in [-0.1, -0.05) is 17.7 Å². The second kappa shape index (κ2) is 5.79. The van der Waals surface area contributed by atoms with Gasteiger partial charge in [0.2, 0.25) is 0 Å². The minimum absolute atomic E-state index is 0.418. The molecule has 1 aliphatic heterocycles. The SMILES string of the molecule is Clc1ccc(CNC2CC2)c(N2CCOC3CCCC32)c1. The molecule has 3 aliphatic rings. The van der Waals surface area contributed by atoms with Crippen LogP contribution in [0.15, 0.2) is 18.2 Å². The van der Waals surface area contributed by atoms with Gasteiger partial charge >= 0.3 is 0 Å². The average molecular weight is 307 g/mol. The maximum atomic E-state index is 6.28. The Labute approximate surface area is 131 Å². The van der Waals surface area contributed by atoms with Gasteiger partial charge in [-0.3, -0.25) is 0 Å². The Morgan fingerprint density at radius 2 is 2.14 bits per heavy atom. The standard InChI is InChI=1S/C17H23ClN2O/c18-13-5-4-12(11-19-14-6-7-14)16(10-13)20-8-9-21-17-3-1-2-15(17)20/h4-5,10,14-15,17,19H,1-3,6-9,11H2. The molecule has 2 saturated carbocycles. The highest BCUT2D eigenvalue weighted by Gasteiger charge is 2.37. The second-order valence-electron chi connectivity index (χ2n) is 6.53. The Kier molecular flexibility index (Phi) is 3.82. The fourth-order valence-corrected chi connectivity index (χ4v) is 3.89. The molecule has 0 amide bonds. The van der Waals surface area contributed by atoms with Crippen molar-refractivity contribution in [1.29, 1.82) is 0 Å². The van der Waals surface area contributed by atoms with E-state index in [1.807, 2.05) is 6.07 Å². The smallest absolute Gasteiger partial charge is 0.0779 e. The van der Waals surface area contributed by atoms with Gasteiger partial charge in [-0.15, -0.1) is 0 Å². The van der Waals surface area contributed by atoms with E-state index in [4.69, 9.17) is 16.3 Å². The first-order chi connectivity index (χ1) is 10.3. The molecule has 4 rings (SSSR count). The zero-order chi connectivity index (χ0) is 14.2. The van der Waals surface area contributed by atoms with Crippen LogP contribution in [0.25, 0.3) is 0 Å². The molecule has 0 radical (unpaired) electrons. The molecular weight excluding hydrogens is 284 g/mol. The molecular formula is C17H23ClN2O. The van der Waals surface area contributed by atoms with Gasteiger partial charge in [0, 0.05) is 29.8 Å². The highest BCUT2D eigenvalue weighted by molar-refractivity contribution is 6.30. The molecule has 1 saturated heterocycles. The highest BCUT2D eigenvalue weighted by Crippen LogP contribution is 2.36. The fraction of sp³-hybridized carbons (Fsp3) is 0.647. The van der Waals surface area contributed by atoms with E-state index in [1.165, 1.54) is 43.4 Å². The number of fused-ring (bicyclic) bond motifs is 1. The van der Waals surface area contributed by atoms with Crippen molar-refractivity contribution < 1.29 is 4.74 Å². The Morgan fingerprint density at radius 3 is 3.00 bits per heavy atom. The predicted molar refractivity (Wildman–Crippen MR) is 86.0 cm³/mol. The van der Waals surface area contributed by atoms with E-state index in [-0.39, 0.29) is 0 Å². The van der Waals surface area contributed by atoms with Crippen LogP contribution in [0.3, 0.4) is 0 Å². The number of hydrogen-bond acceptors (Lipinski definition) is 3. The lowest BCUT2D eigenvalue weighted by Crippen LogP contribution is -2.49. The van der Waals surface area contributed by atoms with Crippen LogP contribution in [0.5, 0.6) is 0 Å². The molecule has 2 atom stereocenters. The monoisotopic (exact) mass is 306 g/mol. The maximum absolute atomic E-state index is 6.28. The molecule has 1 N–H and O–H groups in total. The summed E-state index contributed by atoms with van der Waals surface area (Å²) in [5, 5.41) is 4.46. The number of morpholine rings is 1. The number of ether oxygens (including phenoxy) is 1. The summed E-state index contributed by atoms with van der Waals surface area (Å²) in [7, 11) is 0. The number of benzene rings is 1. The van der Waals surface area contributed by atoms with Gasteiger partial charge in [-0.2, -0.15) is 0 Å². The number of anilines is 1. The molecule has 21 heavy (non-hydrogen) atoms. The zero-order valence-corrected chi connectivity index (χ0v) is 13.1. The largest absolute Gasteiger partial charge is 0.374 e. The van der Waals surface area contributed by atoms with E-state index < -0.39 is 0 Å². The summed E-state index contributed by atoms with van der Waals surface area (Å²) in [6.45, 7) is 2.77. The summed E-state index contributed by atoms with van der Waals surface area (Å²) in [4.78, 5) is 2.55. The van der Waals surface area contributed by atoms with Gasteiger partial charge < -0.3 is 15.0 Å². The number of rotatable bonds is 4. The minimum Gasteiger partial charge on any atom is -0.374 e. The number of nitrogens with one attached hydrogen (secondary N) is 1. The Hall–Kier alpha value is -0.770. The Morgan fingerprint density at radius 1 is 1.24 bits per heavy atom. The zero-order valence-electron chi connectivity index (χ0n) is 12.4. The van der Waals surface area contributed by atoms with Crippen LogP contribution in [0.2, 0.25) is 5.02 Å². The molecule has 0 bridgehead atoms. The number of halogens is 1. The van der Waals surface area contributed by atoms with Crippen molar-refractivity contribution in [3.8, 4) is 0 Å². The number of hydrogen-bond donors (Lipinski definition) is 1. The van der Waals surface area contributed by atoms with Crippen LogP contribution >= 0.6 is 11.6 Å². The van der Waals surface area contributed by atoms with E-state index >= 15 is 0 Å². The van der Waals surface area contributed by atoms with Crippen molar-refractivity contribution >= 4 is 17.3 Å². The molecule has 2 aliphatic carbocycles. The lowest BCUT2D eigenvalue weighted by Gasteiger charge is -2.40. The first kappa shape index (κ1) is 13.9. The Bertz CT molecular complexity index is 518. The van der Waals surface area contributed by atoms with Gasteiger partial charge in [0.25, 0.3) is 0 Å². The van der Waals surface area contributed by atoms with Crippen molar-refractivity contribution in [3.05, 3.63) is 28.8 Å². The quantitative estimate of drug-likeness (QED) is 0.923. The van der Waals surface area contributed by atoms with Crippen molar-refractivity contribution in [2.24, 2.45) is 0 Å². The lowest BCUT2D eigenvalue weighted by atomic mass is 10.1. The topological polar surface area (TPSA) is 24.5 Å². The van der Waals surface area contributed by atoms with Crippen LogP contribution in [-0.2, 0) is 11.3 Å². The molecule has 3 nitrogen and oxygen atoms in total. The van der Waals surface area contributed by atoms with Gasteiger partial charge in [0.15, 0.2) is 0 Å². The molecule has 3 fully saturated rings. The molecule has 4 heteroatoms. The maximum Gasteiger partial charge on any atom is 0.0779 e. The van der Waals surface area contributed by atoms with Gasteiger partial charge in [-0.05, 0) is 49.8 Å². The third kappa shape index (κ3) is 2.92. The summed E-state index contributed by atoms with van der Waals surface area (Å²) >= 11 is 6.28. The fourth-order valence-electron chi connectivity index (χ4n) is 3.72. The summed E-state index contributed by atoms with van der Waals surface area (Å²) in [5.41, 5.74) is 2.69. The van der Waals surface area contributed by atoms with E-state index in [1.54, 1.807) is 0 Å². The molecule has 2 unspecified atom stereocenters. The average Bonchev–Trinajstić information content (AvgIpc) is 3.20. The number of nitrogens with zero attached hydrogens (tertiary/aromatic N) is 1. The van der Waals surface area contributed by atoms with Crippen LogP contribution in [0.1, 0.15) is 37.7 Å². The molecule has 0 aromatic heterocycles. The first-order valence-electron chi connectivity index (χ1n) is 8.21. The summed E-state index contributed by atoms with van der Waals surface area (Å²) in [6, 6.07) is 7.62. The van der Waals surface area contributed by atoms with Crippen LogP contribution in [-0.4, -0.2) is 31.3 Å². The summed E-state index contributed by atoms with van der Waals surface area (Å²) in [5.74, 6) is 0. The van der Waals surface area contributed by atoms with Crippen LogP contribution in [0, 0.1) is 0 Å². The van der Waals surface area contributed by atoms with E-state index in [9.17, 15) is 0 Å². The summed E-state index contributed by atoms with van der Waals surface area (Å²) in [6.07, 6.45) is 6.80. The second-order valence-corrected chi connectivity index (χ2v) is 6.97. The van der Waals surface area contributed by atoms with Crippen molar-refractivity contribution in [3.63, 3.8) is 0 Å². The minimum atomic E-state index is 0.418. The van der Waals surface area contributed by atoms with E-state index in [0.29, 0.717) is 12.1 Å². The third-order valence-electron chi connectivity index (χ3n) is 5.00.